The topological polar surface area (TPSA) is 57.7 Å². The van der Waals surface area contributed by atoms with Crippen LogP contribution in [0.4, 0.5) is 0 Å². The van der Waals surface area contributed by atoms with Crippen molar-refractivity contribution in [3.63, 3.8) is 0 Å². The van der Waals surface area contributed by atoms with E-state index in [0.717, 1.165) is 30.2 Å². The molecule has 0 bridgehead atoms. The van der Waals surface area contributed by atoms with Crippen molar-refractivity contribution in [3.05, 3.63) is 0 Å². The monoisotopic (exact) mass is 296 g/mol. The summed E-state index contributed by atoms with van der Waals surface area (Å²) >= 11 is 5.61. The quantitative estimate of drug-likeness (QED) is 0.680. The average Bonchev–Trinajstić information content (AvgIpc) is 2.81. The highest BCUT2D eigenvalue weighted by Crippen LogP contribution is 2.11. The summed E-state index contributed by atoms with van der Waals surface area (Å²) < 4.78 is 25.0. The second-order valence-electron chi connectivity index (χ2n) is 4.88. The number of amides is 1. The molecule has 1 amide bonds. The lowest BCUT2D eigenvalue weighted by molar-refractivity contribution is -0.130. The number of hydrogen-bond donors (Lipinski definition) is 0. The maximum absolute atomic E-state index is 11.9. The van der Waals surface area contributed by atoms with Crippen molar-refractivity contribution in [2.45, 2.75) is 19.8 Å². The van der Waals surface area contributed by atoms with Crippen LogP contribution in [0.2, 0.25) is 0 Å². The molecule has 18 heavy (non-hydrogen) atoms. The van der Waals surface area contributed by atoms with Crippen molar-refractivity contribution < 1.29 is 13.2 Å². The highest BCUT2D eigenvalue weighted by atomic mass is 35.5. The van der Waals surface area contributed by atoms with Crippen LogP contribution in [0.25, 0.3) is 0 Å². The van der Waals surface area contributed by atoms with E-state index in [1.807, 2.05) is 0 Å². The van der Waals surface area contributed by atoms with Crippen molar-refractivity contribution in [2.75, 3.05) is 38.3 Å². The minimum absolute atomic E-state index is 0.0136. The molecule has 0 radical (unpaired) electrons. The number of rotatable bonds is 6. The lowest BCUT2D eigenvalue weighted by Gasteiger charge is -2.22. The Kier molecular flexibility index (Phi) is 5.88. The van der Waals surface area contributed by atoms with E-state index in [4.69, 9.17) is 11.6 Å². The van der Waals surface area contributed by atoms with Crippen LogP contribution >= 0.6 is 11.6 Å². The Morgan fingerprint density at radius 1 is 1.39 bits per heavy atom. The van der Waals surface area contributed by atoms with Gasteiger partial charge in [-0.2, -0.15) is 4.31 Å². The molecule has 106 valence electrons. The number of carbonyl (C=O) groups is 1. The fourth-order valence-corrected chi connectivity index (χ4v) is 3.52. The third kappa shape index (κ3) is 4.40. The zero-order chi connectivity index (χ0) is 13.8. The average molecular weight is 297 g/mol. The van der Waals surface area contributed by atoms with E-state index in [-0.39, 0.29) is 24.1 Å². The van der Waals surface area contributed by atoms with Gasteiger partial charge in [0.15, 0.2) is 0 Å². The molecule has 1 heterocycles. The van der Waals surface area contributed by atoms with Crippen molar-refractivity contribution in [1.82, 2.24) is 9.21 Å². The van der Waals surface area contributed by atoms with Gasteiger partial charge >= 0.3 is 0 Å². The molecule has 1 atom stereocenters. The first-order valence-electron chi connectivity index (χ1n) is 6.14. The van der Waals surface area contributed by atoms with Crippen LogP contribution in [0.5, 0.6) is 0 Å². The summed E-state index contributed by atoms with van der Waals surface area (Å²) in [4.78, 5) is 13.6. The van der Waals surface area contributed by atoms with Gasteiger partial charge in [0.05, 0.1) is 12.3 Å². The Morgan fingerprint density at radius 2 is 1.94 bits per heavy atom. The number of likely N-dealkylation sites (tertiary alicyclic amines) is 1. The molecule has 0 aliphatic carbocycles. The minimum atomic E-state index is -3.39. The molecular weight excluding hydrogens is 276 g/mol. The summed E-state index contributed by atoms with van der Waals surface area (Å²) in [5.74, 6) is 0.0612. The summed E-state index contributed by atoms with van der Waals surface area (Å²) in [5, 5.41) is 0. The van der Waals surface area contributed by atoms with Crippen molar-refractivity contribution in [1.29, 1.82) is 0 Å². The standard InChI is InChI=1S/C11H21ClN2O3S/c1-10(7-12)9-18(16,17)13(2)8-11(15)14-5-3-4-6-14/h10H,3-9H2,1-2H3. The summed E-state index contributed by atoms with van der Waals surface area (Å²) in [6.45, 7) is 3.19. The molecule has 0 spiro atoms. The molecule has 0 N–H and O–H groups in total. The van der Waals surface area contributed by atoms with Gasteiger partial charge in [0.1, 0.15) is 0 Å². The Labute approximate surface area is 114 Å². The predicted octanol–water partition coefficient (Wildman–Crippen LogP) is 0.745. The first-order valence-corrected chi connectivity index (χ1v) is 8.29. The number of nitrogens with zero attached hydrogens (tertiary/aromatic N) is 2. The Bertz CT molecular complexity index is 380. The van der Waals surface area contributed by atoms with E-state index < -0.39 is 10.0 Å². The molecule has 0 aromatic rings. The van der Waals surface area contributed by atoms with E-state index in [0.29, 0.717) is 5.88 Å². The molecule has 1 aliphatic heterocycles. The lowest BCUT2D eigenvalue weighted by atomic mass is 10.3. The maximum Gasteiger partial charge on any atom is 0.237 e. The highest BCUT2D eigenvalue weighted by molar-refractivity contribution is 7.89. The smallest absolute Gasteiger partial charge is 0.237 e. The summed E-state index contributed by atoms with van der Waals surface area (Å²) in [6, 6.07) is 0. The van der Waals surface area contributed by atoms with Crippen molar-refractivity contribution in [2.24, 2.45) is 5.92 Å². The number of alkyl halides is 1. The van der Waals surface area contributed by atoms with E-state index in [1.54, 1.807) is 11.8 Å². The Hall–Kier alpha value is -0.330. The molecular formula is C11H21ClN2O3S. The first kappa shape index (κ1) is 15.7. The maximum atomic E-state index is 11.9. The van der Waals surface area contributed by atoms with Crippen molar-refractivity contribution >= 4 is 27.5 Å². The zero-order valence-corrected chi connectivity index (χ0v) is 12.5. The summed E-state index contributed by atoms with van der Waals surface area (Å²) in [7, 11) is -1.95. The van der Waals surface area contributed by atoms with Gasteiger partial charge in [-0.15, -0.1) is 11.6 Å². The van der Waals surface area contributed by atoms with Crippen LogP contribution in [-0.2, 0) is 14.8 Å². The van der Waals surface area contributed by atoms with Crippen LogP contribution < -0.4 is 0 Å². The number of likely N-dealkylation sites (N-methyl/N-ethyl adjacent to an activating group) is 1. The van der Waals surface area contributed by atoms with Crippen LogP contribution in [0.15, 0.2) is 0 Å². The van der Waals surface area contributed by atoms with Gasteiger partial charge in [-0.1, -0.05) is 6.92 Å². The van der Waals surface area contributed by atoms with Crippen LogP contribution in [-0.4, -0.2) is 61.8 Å². The SMILES string of the molecule is CC(CCl)CS(=O)(=O)N(C)CC(=O)N1CCCC1. The molecule has 1 unspecified atom stereocenters. The molecule has 0 aromatic heterocycles. The molecule has 0 saturated carbocycles. The molecule has 5 nitrogen and oxygen atoms in total. The summed E-state index contributed by atoms with van der Waals surface area (Å²) in [5.41, 5.74) is 0. The van der Waals surface area contributed by atoms with Gasteiger partial charge in [-0.25, -0.2) is 8.42 Å². The van der Waals surface area contributed by atoms with Gasteiger partial charge in [-0.05, 0) is 18.8 Å². The molecule has 1 aliphatic rings. The second-order valence-corrected chi connectivity index (χ2v) is 7.31. The van der Waals surface area contributed by atoms with Gasteiger partial charge in [0, 0.05) is 26.0 Å². The number of halogens is 1. The molecule has 1 fully saturated rings. The lowest BCUT2D eigenvalue weighted by Crippen LogP contribution is -2.41. The van der Waals surface area contributed by atoms with Gasteiger partial charge in [0.2, 0.25) is 15.9 Å². The van der Waals surface area contributed by atoms with Crippen LogP contribution in [0.3, 0.4) is 0 Å². The van der Waals surface area contributed by atoms with Crippen LogP contribution in [0.1, 0.15) is 19.8 Å². The van der Waals surface area contributed by atoms with Gasteiger partial charge in [-0.3, -0.25) is 4.79 Å². The van der Waals surface area contributed by atoms with Gasteiger partial charge < -0.3 is 4.90 Å². The Balaban J connectivity index is 2.52. The number of carbonyl (C=O) groups excluding carboxylic acids is 1. The molecule has 1 saturated heterocycles. The third-order valence-corrected chi connectivity index (χ3v) is 5.65. The Morgan fingerprint density at radius 3 is 2.44 bits per heavy atom. The van der Waals surface area contributed by atoms with E-state index in [2.05, 4.69) is 0 Å². The number of hydrogen-bond acceptors (Lipinski definition) is 3. The van der Waals surface area contributed by atoms with E-state index >= 15 is 0 Å². The molecule has 7 heteroatoms. The normalized spacial score (nSPS) is 18.3. The zero-order valence-electron chi connectivity index (χ0n) is 10.9. The van der Waals surface area contributed by atoms with Gasteiger partial charge in [0.25, 0.3) is 0 Å². The highest BCUT2D eigenvalue weighted by Gasteiger charge is 2.26. The minimum Gasteiger partial charge on any atom is -0.342 e. The third-order valence-electron chi connectivity index (χ3n) is 3.05. The first-order chi connectivity index (χ1) is 8.36. The van der Waals surface area contributed by atoms with E-state index in [9.17, 15) is 13.2 Å². The second kappa shape index (κ2) is 6.73. The van der Waals surface area contributed by atoms with Crippen molar-refractivity contribution in [3.8, 4) is 0 Å². The fourth-order valence-electron chi connectivity index (χ4n) is 1.89. The fraction of sp³-hybridized carbons (Fsp3) is 0.909. The van der Waals surface area contributed by atoms with Crippen LogP contribution in [0, 0.1) is 5.92 Å². The molecule has 0 aromatic carbocycles. The largest absolute Gasteiger partial charge is 0.342 e. The van der Waals surface area contributed by atoms with E-state index in [1.165, 1.54) is 7.05 Å². The molecule has 1 rings (SSSR count). The summed E-state index contributed by atoms with van der Waals surface area (Å²) in [6.07, 6.45) is 2.01. The predicted molar refractivity (Wildman–Crippen MR) is 72.1 cm³/mol. The number of sulfonamides is 1.